The minimum Gasteiger partial charge on any atom is -0.342 e. The van der Waals surface area contributed by atoms with E-state index in [1.807, 2.05) is 62.2 Å². The van der Waals surface area contributed by atoms with Gasteiger partial charge >= 0.3 is 6.18 Å². The second-order valence-electron chi connectivity index (χ2n) is 10.4. The molecule has 0 unspecified atom stereocenters. The van der Waals surface area contributed by atoms with E-state index in [1.54, 1.807) is 23.2 Å². The van der Waals surface area contributed by atoms with Gasteiger partial charge < -0.3 is 14.3 Å². The molecule has 0 amide bonds. The Balaban J connectivity index is 0.00000196. The molecule has 0 saturated heterocycles. The molecule has 0 radical (unpaired) electrons. The summed E-state index contributed by atoms with van der Waals surface area (Å²) >= 11 is 0. The van der Waals surface area contributed by atoms with Gasteiger partial charge in [-0.3, -0.25) is 0 Å². The molecule has 1 fully saturated rings. The molecule has 1 saturated carbocycles. The van der Waals surface area contributed by atoms with Crippen molar-refractivity contribution >= 4 is 22.5 Å². The number of allylic oxidation sites excluding steroid dienone is 4. The van der Waals surface area contributed by atoms with Gasteiger partial charge in [-0.1, -0.05) is 79.7 Å². The van der Waals surface area contributed by atoms with Crippen molar-refractivity contribution < 1.29 is 22.1 Å². The average molecular weight is 615 g/mol. The lowest BCUT2D eigenvalue weighted by Crippen LogP contribution is -2.23. The van der Waals surface area contributed by atoms with E-state index in [4.69, 9.17) is 9.51 Å². The molecule has 0 bridgehead atoms. The Morgan fingerprint density at radius 3 is 2.33 bits per heavy atom. The summed E-state index contributed by atoms with van der Waals surface area (Å²) in [5, 5.41) is 4.29. The van der Waals surface area contributed by atoms with Gasteiger partial charge in [-0.15, -0.1) is 0 Å². The number of alkyl halides is 3. The molecule has 0 atom stereocenters. The maximum atomic E-state index is 15.7. The van der Waals surface area contributed by atoms with Gasteiger partial charge in [0, 0.05) is 36.3 Å². The monoisotopic (exact) mass is 614 g/mol. The zero-order valence-corrected chi connectivity index (χ0v) is 25.4. The third-order valence-corrected chi connectivity index (χ3v) is 7.38. The molecule has 2 heterocycles. The Hall–Kier alpha value is -4.92. The molecule has 5 nitrogen and oxygen atoms in total. The van der Waals surface area contributed by atoms with Crippen LogP contribution in [0.5, 0.6) is 0 Å². The van der Waals surface area contributed by atoms with Crippen molar-refractivity contribution in [1.29, 1.82) is 0 Å². The third kappa shape index (κ3) is 6.93. The van der Waals surface area contributed by atoms with E-state index in [-0.39, 0.29) is 6.54 Å². The Labute approximate surface area is 260 Å². The van der Waals surface area contributed by atoms with Gasteiger partial charge in [-0.05, 0) is 60.7 Å². The molecule has 1 aromatic heterocycles. The zero-order chi connectivity index (χ0) is 32.1. The minimum absolute atomic E-state index is 0.231. The quantitative estimate of drug-likeness (QED) is 0.185. The highest BCUT2D eigenvalue weighted by Gasteiger charge is 2.34. The molecule has 1 aliphatic heterocycles. The van der Waals surface area contributed by atoms with Crippen LogP contribution in [0.2, 0.25) is 0 Å². The first-order chi connectivity index (χ1) is 21.7. The summed E-state index contributed by atoms with van der Waals surface area (Å²) in [5.41, 5.74) is 5.30. The fraction of sp³-hybridized carbons (Fsp3) is 0.222. The van der Waals surface area contributed by atoms with E-state index in [2.05, 4.69) is 11.7 Å². The number of halogens is 4. The van der Waals surface area contributed by atoms with Crippen molar-refractivity contribution in [3.05, 3.63) is 143 Å². The van der Waals surface area contributed by atoms with Crippen LogP contribution in [0.15, 0.2) is 108 Å². The Morgan fingerprint density at radius 1 is 1.00 bits per heavy atom. The maximum absolute atomic E-state index is 15.7. The van der Waals surface area contributed by atoms with E-state index >= 15 is 4.39 Å². The fourth-order valence-electron chi connectivity index (χ4n) is 5.22. The lowest BCUT2D eigenvalue weighted by atomic mass is 9.90. The highest BCUT2D eigenvalue weighted by molar-refractivity contribution is 6.11. The van der Waals surface area contributed by atoms with Gasteiger partial charge in [-0.25, -0.2) is 4.39 Å². The van der Waals surface area contributed by atoms with Crippen molar-refractivity contribution in [3.8, 4) is 0 Å². The highest BCUT2D eigenvalue weighted by atomic mass is 19.4. The Morgan fingerprint density at radius 2 is 1.71 bits per heavy atom. The Kier molecular flexibility index (Phi) is 9.37. The second-order valence-corrected chi connectivity index (χ2v) is 10.4. The van der Waals surface area contributed by atoms with Gasteiger partial charge in [0.1, 0.15) is 5.82 Å². The number of benzene rings is 3. The van der Waals surface area contributed by atoms with E-state index < -0.39 is 17.6 Å². The van der Waals surface area contributed by atoms with Crippen LogP contribution in [-0.4, -0.2) is 10.1 Å². The fourth-order valence-corrected chi connectivity index (χ4v) is 5.22. The maximum Gasteiger partial charge on any atom is 0.416 e. The number of anilines is 2. The summed E-state index contributed by atoms with van der Waals surface area (Å²) in [6.45, 7) is 9.87. The number of nitrogens with zero attached hydrogens (tertiary/aromatic N) is 4. The van der Waals surface area contributed by atoms with E-state index in [1.165, 1.54) is 24.4 Å². The molecule has 45 heavy (non-hydrogen) atoms. The predicted molar refractivity (Wildman–Crippen MR) is 171 cm³/mol. The van der Waals surface area contributed by atoms with Gasteiger partial charge in [0.15, 0.2) is 0 Å². The normalized spacial score (nSPS) is 14.1. The summed E-state index contributed by atoms with van der Waals surface area (Å²) in [6, 6.07) is 18.1. The van der Waals surface area contributed by atoms with Crippen LogP contribution < -0.4 is 9.80 Å². The SMILES string of the molecule is C=CN(/C=C\C)c1cc2c(cc1F)C(=C1CC1)C(c1noc(Cc3ccccc3)n1)=CN2Cc1ccc(C(F)(F)F)cc1.CC. The number of aromatic nitrogens is 2. The summed E-state index contributed by atoms with van der Waals surface area (Å²) in [4.78, 5) is 8.18. The smallest absolute Gasteiger partial charge is 0.342 e. The van der Waals surface area contributed by atoms with Crippen LogP contribution in [0, 0.1) is 5.82 Å². The largest absolute Gasteiger partial charge is 0.416 e. The van der Waals surface area contributed by atoms with Crippen LogP contribution in [0.3, 0.4) is 0 Å². The Bertz CT molecular complexity index is 1750. The lowest BCUT2D eigenvalue weighted by molar-refractivity contribution is -0.137. The standard InChI is InChI=1S/C34H28F4N4O.C2H6/c1-3-16-41(4-2)30-19-29-26(18-28(30)35)32(24-12-13-24)27(33-39-31(43-40-33)17-22-8-6-5-7-9-22)21-42(29)20-23-10-14-25(15-11-23)34(36,37)38;1-2/h3-11,14-16,18-19,21H,2,12-13,17,20H2,1H3;1-2H3/b16-3-;. The first-order valence-corrected chi connectivity index (χ1v) is 14.9. The van der Waals surface area contributed by atoms with Crippen molar-refractivity contribution in [2.24, 2.45) is 0 Å². The molecule has 3 aromatic carbocycles. The molecule has 232 valence electrons. The van der Waals surface area contributed by atoms with Crippen LogP contribution >= 0.6 is 0 Å². The summed E-state index contributed by atoms with van der Waals surface area (Å²) in [7, 11) is 0. The van der Waals surface area contributed by atoms with Crippen molar-refractivity contribution in [1.82, 2.24) is 10.1 Å². The van der Waals surface area contributed by atoms with Crippen LogP contribution in [-0.2, 0) is 19.1 Å². The van der Waals surface area contributed by atoms with E-state index in [9.17, 15) is 13.2 Å². The molecule has 1 aliphatic carbocycles. The molecule has 2 aliphatic rings. The predicted octanol–water partition coefficient (Wildman–Crippen LogP) is 9.94. The molecule has 0 N–H and O–H groups in total. The number of hydrogen-bond donors (Lipinski definition) is 0. The second kappa shape index (κ2) is 13.4. The molecule has 4 aromatic rings. The number of hydrogen-bond acceptors (Lipinski definition) is 5. The van der Waals surface area contributed by atoms with Gasteiger partial charge in [0.2, 0.25) is 11.7 Å². The average Bonchev–Trinajstić information content (AvgIpc) is 3.78. The van der Waals surface area contributed by atoms with Crippen molar-refractivity contribution in [3.63, 3.8) is 0 Å². The first kappa shape index (κ1) is 31.5. The molecule has 9 heteroatoms. The summed E-state index contributed by atoms with van der Waals surface area (Å²) in [5.74, 6) is 0.371. The van der Waals surface area contributed by atoms with Crippen molar-refractivity contribution in [2.45, 2.75) is 52.8 Å². The third-order valence-electron chi connectivity index (χ3n) is 7.38. The zero-order valence-electron chi connectivity index (χ0n) is 25.4. The first-order valence-electron chi connectivity index (χ1n) is 14.9. The van der Waals surface area contributed by atoms with Gasteiger partial charge in [-0.2, -0.15) is 18.2 Å². The molecule has 0 spiro atoms. The summed E-state index contributed by atoms with van der Waals surface area (Å²) < 4.78 is 61.1. The van der Waals surface area contributed by atoms with Gasteiger partial charge in [0.05, 0.1) is 23.4 Å². The lowest BCUT2D eigenvalue weighted by Gasteiger charge is -2.32. The van der Waals surface area contributed by atoms with Crippen LogP contribution in [0.25, 0.3) is 11.1 Å². The van der Waals surface area contributed by atoms with E-state index in [0.717, 1.165) is 41.7 Å². The van der Waals surface area contributed by atoms with E-state index in [0.29, 0.717) is 46.2 Å². The topological polar surface area (TPSA) is 45.4 Å². The molecular weight excluding hydrogens is 580 g/mol. The van der Waals surface area contributed by atoms with Crippen LogP contribution in [0.1, 0.15) is 67.6 Å². The minimum atomic E-state index is -4.43. The van der Waals surface area contributed by atoms with Crippen molar-refractivity contribution in [2.75, 3.05) is 9.80 Å². The summed E-state index contributed by atoms with van der Waals surface area (Å²) in [6.07, 6.45) is 4.63. The van der Waals surface area contributed by atoms with Crippen LogP contribution in [0.4, 0.5) is 28.9 Å². The number of fused-ring (bicyclic) bond motifs is 1. The van der Waals surface area contributed by atoms with Gasteiger partial charge in [0.25, 0.3) is 0 Å². The molecular formula is C36H34F4N4O. The highest BCUT2D eigenvalue weighted by Crippen LogP contribution is 2.50. The molecule has 6 rings (SSSR count). The number of rotatable bonds is 8.